The zero-order valence-corrected chi connectivity index (χ0v) is 17.5. The summed E-state index contributed by atoms with van der Waals surface area (Å²) in [5.41, 5.74) is 1.12. The molecule has 28 heavy (non-hydrogen) atoms. The Labute approximate surface area is 171 Å². The monoisotopic (exact) mass is 398 g/mol. The van der Waals surface area contributed by atoms with Gasteiger partial charge in [-0.15, -0.1) is 0 Å². The lowest BCUT2D eigenvalue weighted by molar-refractivity contribution is 0.293. The lowest BCUT2D eigenvalue weighted by Crippen LogP contribution is -2.53. The predicted molar refractivity (Wildman–Crippen MR) is 116 cm³/mol. The summed E-state index contributed by atoms with van der Waals surface area (Å²) in [6, 6.07) is 4.12. The highest BCUT2D eigenvalue weighted by Gasteiger charge is 2.38. The first kappa shape index (κ1) is 19.3. The second-order valence-corrected chi connectivity index (χ2v) is 9.24. The number of hydrogen-bond donors (Lipinski definition) is 1. The number of thioether (sulfide) groups is 1. The molecule has 0 aromatic carbocycles. The minimum atomic E-state index is 0.445. The summed E-state index contributed by atoms with van der Waals surface area (Å²) >= 11 is 2.20. The third-order valence-electron chi connectivity index (χ3n) is 5.64. The summed E-state index contributed by atoms with van der Waals surface area (Å²) in [7, 11) is 0. The Hall–Kier alpha value is -2.02. The molecule has 4 rings (SSSR count). The first-order valence-corrected chi connectivity index (χ1v) is 11.4. The van der Waals surface area contributed by atoms with Crippen LogP contribution >= 0.6 is 11.8 Å². The number of pyridine rings is 1. The molecule has 7 heteroatoms. The van der Waals surface area contributed by atoms with E-state index in [0.717, 1.165) is 37.0 Å². The average Bonchev–Trinajstić information content (AvgIpc) is 3.27. The molecule has 0 amide bonds. The molecule has 2 aromatic rings. The Morgan fingerprint density at radius 3 is 2.89 bits per heavy atom. The van der Waals surface area contributed by atoms with Crippen molar-refractivity contribution in [2.24, 2.45) is 4.99 Å². The summed E-state index contributed by atoms with van der Waals surface area (Å²) in [5.74, 6) is 3.13. The van der Waals surface area contributed by atoms with Gasteiger partial charge in [0.25, 0.3) is 0 Å². The molecule has 1 aliphatic heterocycles. The largest absolute Gasteiger partial charge is 0.357 e. The molecule has 0 bridgehead atoms. The van der Waals surface area contributed by atoms with Crippen LogP contribution < -0.4 is 5.32 Å². The lowest BCUT2D eigenvalue weighted by Gasteiger charge is -2.45. The summed E-state index contributed by atoms with van der Waals surface area (Å²) in [5, 5.41) is 3.51. The third-order valence-corrected chi connectivity index (χ3v) is 7.17. The van der Waals surface area contributed by atoms with Crippen molar-refractivity contribution < 1.29 is 0 Å². The molecule has 0 unspecified atom stereocenters. The number of aromatic nitrogens is 3. The van der Waals surface area contributed by atoms with Crippen LogP contribution in [0.3, 0.4) is 0 Å². The van der Waals surface area contributed by atoms with Crippen molar-refractivity contribution in [3.8, 4) is 5.82 Å². The lowest BCUT2D eigenvalue weighted by atomic mass is 9.87. The number of guanidine groups is 1. The summed E-state index contributed by atoms with van der Waals surface area (Å²) in [6.07, 6.45) is 14.2. The van der Waals surface area contributed by atoms with Gasteiger partial charge in [0.15, 0.2) is 5.96 Å². The molecule has 150 valence electrons. The van der Waals surface area contributed by atoms with Gasteiger partial charge in [-0.2, -0.15) is 11.8 Å². The van der Waals surface area contributed by atoms with E-state index in [-0.39, 0.29) is 0 Å². The van der Waals surface area contributed by atoms with Gasteiger partial charge in [-0.05, 0) is 31.4 Å². The Morgan fingerprint density at radius 1 is 1.29 bits per heavy atom. The van der Waals surface area contributed by atoms with Crippen LogP contribution in [0.15, 0.2) is 42.0 Å². The summed E-state index contributed by atoms with van der Waals surface area (Å²) in [4.78, 5) is 16.0. The standard InChI is InChI=1S/C21H30N6S/c1-2-23-20(26-12-13-28-21(16-26)8-4-3-5-9-21)25-15-18-6-7-19(24-14-18)27-11-10-22-17-27/h6-7,10-11,14,17H,2-5,8-9,12-13,15-16H2,1H3,(H,23,25). The van der Waals surface area contributed by atoms with Crippen LogP contribution in [-0.4, -0.2) is 55.5 Å². The number of nitrogens with one attached hydrogen (secondary N) is 1. The molecule has 1 aliphatic carbocycles. The van der Waals surface area contributed by atoms with Crippen LogP contribution in [0.25, 0.3) is 5.82 Å². The second-order valence-electron chi connectivity index (χ2n) is 7.68. The molecule has 1 N–H and O–H groups in total. The van der Waals surface area contributed by atoms with Crippen LogP contribution in [0.4, 0.5) is 0 Å². The predicted octanol–water partition coefficient (Wildman–Crippen LogP) is 3.48. The third kappa shape index (κ3) is 4.51. The van der Waals surface area contributed by atoms with Gasteiger partial charge in [0.2, 0.25) is 0 Å². The maximum atomic E-state index is 4.94. The van der Waals surface area contributed by atoms with Gasteiger partial charge in [-0.25, -0.2) is 15.0 Å². The topological polar surface area (TPSA) is 58.3 Å². The fraction of sp³-hybridized carbons (Fsp3) is 0.571. The molecule has 2 aliphatic rings. The number of rotatable bonds is 4. The van der Waals surface area contributed by atoms with Gasteiger partial charge in [0.1, 0.15) is 12.1 Å². The van der Waals surface area contributed by atoms with E-state index in [9.17, 15) is 0 Å². The van der Waals surface area contributed by atoms with E-state index in [0.29, 0.717) is 11.3 Å². The van der Waals surface area contributed by atoms with E-state index < -0.39 is 0 Å². The zero-order valence-electron chi connectivity index (χ0n) is 16.7. The Morgan fingerprint density at radius 2 is 2.18 bits per heavy atom. The number of hydrogen-bond acceptors (Lipinski definition) is 4. The average molecular weight is 399 g/mol. The maximum absolute atomic E-state index is 4.94. The van der Waals surface area contributed by atoms with Crippen molar-refractivity contribution in [1.29, 1.82) is 0 Å². The molecule has 2 fully saturated rings. The fourth-order valence-corrected chi connectivity index (χ4v) is 5.74. The SMILES string of the molecule is CCNC(=NCc1ccc(-n2ccnc2)nc1)N1CCSC2(CCCCC2)C1. The minimum absolute atomic E-state index is 0.445. The van der Waals surface area contributed by atoms with Gasteiger partial charge in [-0.1, -0.05) is 25.3 Å². The highest BCUT2D eigenvalue weighted by Crippen LogP contribution is 2.42. The normalized spacial score (nSPS) is 19.8. The first-order valence-electron chi connectivity index (χ1n) is 10.4. The summed E-state index contributed by atoms with van der Waals surface area (Å²) in [6.45, 7) is 5.90. The van der Waals surface area contributed by atoms with Crippen LogP contribution in [0, 0.1) is 0 Å². The van der Waals surface area contributed by atoms with Crippen molar-refractivity contribution in [2.75, 3.05) is 25.4 Å². The molecular formula is C21H30N6S. The molecule has 1 saturated heterocycles. The summed E-state index contributed by atoms with van der Waals surface area (Å²) < 4.78 is 2.35. The fourth-order valence-electron chi connectivity index (χ4n) is 4.17. The van der Waals surface area contributed by atoms with Crippen LogP contribution in [0.2, 0.25) is 0 Å². The smallest absolute Gasteiger partial charge is 0.194 e. The Bertz CT molecular complexity index is 759. The van der Waals surface area contributed by atoms with Crippen molar-refractivity contribution in [1.82, 2.24) is 24.8 Å². The van der Waals surface area contributed by atoms with Crippen molar-refractivity contribution in [3.05, 3.63) is 42.6 Å². The zero-order chi connectivity index (χ0) is 19.2. The number of aliphatic imine (C=N–C) groups is 1. The van der Waals surface area contributed by atoms with Crippen LogP contribution in [0.5, 0.6) is 0 Å². The van der Waals surface area contributed by atoms with E-state index in [2.05, 4.69) is 44.9 Å². The highest BCUT2D eigenvalue weighted by molar-refractivity contribution is 8.00. The minimum Gasteiger partial charge on any atom is -0.357 e. The van der Waals surface area contributed by atoms with E-state index in [1.165, 1.54) is 37.9 Å². The van der Waals surface area contributed by atoms with E-state index in [4.69, 9.17) is 4.99 Å². The van der Waals surface area contributed by atoms with Crippen molar-refractivity contribution >= 4 is 17.7 Å². The van der Waals surface area contributed by atoms with Gasteiger partial charge in [0, 0.05) is 48.7 Å². The molecule has 2 aromatic heterocycles. The van der Waals surface area contributed by atoms with Gasteiger partial charge in [0.05, 0.1) is 6.54 Å². The Balaban J connectivity index is 1.44. The maximum Gasteiger partial charge on any atom is 0.194 e. The quantitative estimate of drug-likeness (QED) is 0.631. The van der Waals surface area contributed by atoms with Gasteiger partial charge >= 0.3 is 0 Å². The van der Waals surface area contributed by atoms with Crippen LogP contribution in [0.1, 0.15) is 44.6 Å². The van der Waals surface area contributed by atoms with Crippen molar-refractivity contribution in [3.63, 3.8) is 0 Å². The molecule has 0 radical (unpaired) electrons. The van der Waals surface area contributed by atoms with E-state index in [1.807, 2.05) is 23.0 Å². The van der Waals surface area contributed by atoms with E-state index in [1.54, 1.807) is 12.5 Å². The molecule has 1 saturated carbocycles. The van der Waals surface area contributed by atoms with Crippen molar-refractivity contribution in [2.45, 2.75) is 50.3 Å². The highest BCUT2D eigenvalue weighted by atomic mass is 32.2. The van der Waals surface area contributed by atoms with E-state index >= 15 is 0 Å². The first-order chi connectivity index (χ1) is 13.8. The van der Waals surface area contributed by atoms with Crippen LogP contribution in [-0.2, 0) is 6.54 Å². The Kier molecular flexibility index (Phi) is 6.20. The van der Waals surface area contributed by atoms with Gasteiger partial charge < -0.3 is 10.2 Å². The molecule has 1 spiro atoms. The second kappa shape index (κ2) is 8.99. The number of nitrogens with zero attached hydrogens (tertiary/aromatic N) is 5. The molecule has 3 heterocycles. The van der Waals surface area contributed by atoms with Gasteiger partial charge in [-0.3, -0.25) is 4.57 Å². The molecule has 0 atom stereocenters. The molecular weight excluding hydrogens is 368 g/mol. The number of imidazole rings is 1. The molecule has 6 nitrogen and oxygen atoms in total.